The summed E-state index contributed by atoms with van der Waals surface area (Å²) >= 11 is 0. The Balaban J connectivity index is 1.30. The van der Waals surface area contributed by atoms with Crippen molar-refractivity contribution >= 4 is 28.6 Å². The molecule has 0 bridgehead atoms. The van der Waals surface area contributed by atoms with Crippen LogP contribution in [-0.2, 0) is 6.54 Å². The largest absolute Gasteiger partial charge is 0.363 e. The minimum absolute atomic E-state index is 0.652. The Morgan fingerprint density at radius 2 is 1.41 bits per heavy atom. The van der Waals surface area contributed by atoms with Gasteiger partial charge in [-0.1, -0.05) is 97.8 Å². The highest BCUT2D eigenvalue weighted by Gasteiger charge is 2.39. The van der Waals surface area contributed by atoms with Gasteiger partial charge in [-0.2, -0.15) is 0 Å². The lowest BCUT2D eigenvalue weighted by Crippen LogP contribution is -2.35. The standard InChI is InChI=1S/C31H29N/c1-2-8-25(9-3-1)22-32-30-13-7-6-12-28(30)29-21-24(17-19-31(29)32)15-14-23-16-18-26-10-4-5-11-27(26)20-23/h1-5,8-11,14-21,28,30H,6-7,12-13,22H2/b15-14+. The van der Waals surface area contributed by atoms with Crippen LogP contribution in [0, 0.1) is 0 Å². The highest BCUT2D eigenvalue weighted by Crippen LogP contribution is 2.48. The zero-order valence-corrected chi connectivity index (χ0v) is 18.5. The van der Waals surface area contributed by atoms with Gasteiger partial charge in [-0.15, -0.1) is 0 Å². The summed E-state index contributed by atoms with van der Waals surface area (Å²) in [5.74, 6) is 0.677. The Morgan fingerprint density at radius 3 is 2.28 bits per heavy atom. The molecule has 0 amide bonds. The van der Waals surface area contributed by atoms with Crippen LogP contribution in [0.2, 0.25) is 0 Å². The summed E-state index contributed by atoms with van der Waals surface area (Å²) in [5.41, 5.74) is 6.98. The van der Waals surface area contributed by atoms with Crippen molar-refractivity contribution < 1.29 is 0 Å². The maximum absolute atomic E-state index is 2.69. The second-order valence-electron chi connectivity index (χ2n) is 9.33. The quantitative estimate of drug-likeness (QED) is 0.305. The third kappa shape index (κ3) is 3.62. The normalized spacial score (nSPS) is 19.9. The summed E-state index contributed by atoms with van der Waals surface area (Å²) < 4.78 is 0. The zero-order chi connectivity index (χ0) is 21.3. The van der Waals surface area contributed by atoms with Crippen LogP contribution in [0.5, 0.6) is 0 Å². The van der Waals surface area contributed by atoms with Crippen molar-refractivity contribution in [3.05, 3.63) is 113 Å². The SMILES string of the molecule is C(=C\c1ccc2ccccc2c1)/c1ccc2c(c1)C1CCCCC1N2Cc1ccccc1. The van der Waals surface area contributed by atoms with Gasteiger partial charge in [-0.3, -0.25) is 0 Å². The minimum Gasteiger partial charge on any atom is -0.363 e. The van der Waals surface area contributed by atoms with Crippen molar-refractivity contribution in [3.63, 3.8) is 0 Å². The van der Waals surface area contributed by atoms with Gasteiger partial charge in [-0.05, 0) is 64.1 Å². The topological polar surface area (TPSA) is 3.24 Å². The van der Waals surface area contributed by atoms with Crippen LogP contribution >= 0.6 is 0 Å². The highest BCUT2D eigenvalue weighted by atomic mass is 15.2. The molecular weight excluding hydrogens is 386 g/mol. The summed E-state index contributed by atoms with van der Waals surface area (Å²) in [6, 6.07) is 34.0. The maximum Gasteiger partial charge on any atom is 0.0432 e. The predicted octanol–water partition coefficient (Wildman–Crippen LogP) is 8.06. The van der Waals surface area contributed by atoms with Gasteiger partial charge in [-0.25, -0.2) is 0 Å². The van der Waals surface area contributed by atoms with Crippen molar-refractivity contribution in [3.8, 4) is 0 Å². The molecule has 2 unspecified atom stereocenters. The first kappa shape index (κ1) is 19.4. The molecule has 0 aromatic heterocycles. The second kappa shape index (κ2) is 8.31. The van der Waals surface area contributed by atoms with E-state index in [9.17, 15) is 0 Å². The lowest BCUT2D eigenvalue weighted by Gasteiger charge is -2.33. The molecule has 4 aromatic rings. The molecule has 6 rings (SSSR count). The first-order valence-electron chi connectivity index (χ1n) is 12.0. The predicted molar refractivity (Wildman–Crippen MR) is 137 cm³/mol. The smallest absolute Gasteiger partial charge is 0.0432 e. The number of rotatable bonds is 4. The van der Waals surface area contributed by atoms with Crippen LogP contribution in [0.25, 0.3) is 22.9 Å². The van der Waals surface area contributed by atoms with Crippen LogP contribution < -0.4 is 4.90 Å². The van der Waals surface area contributed by atoms with Gasteiger partial charge >= 0.3 is 0 Å². The molecule has 0 N–H and O–H groups in total. The van der Waals surface area contributed by atoms with Crippen LogP contribution in [-0.4, -0.2) is 6.04 Å². The average Bonchev–Trinajstić information content (AvgIpc) is 3.16. The van der Waals surface area contributed by atoms with E-state index in [0.29, 0.717) is 12.0 Å². The van der Waals surface area contributed by atoms with Crippen molar-refractivity contribution in [1.82, 2.24) is 0 Å². The molecule has 1 heterocycles. The Morgan fingerprint density at radius 1 is 0.688 bits per heavy atom. The van der Waals surface area contributed by atoms with Crippen LogP contribution in [0.15, 0.2) is 91.0 Å². The third-order valence-electron chi connectivity index (χ3n) is 7.33. The van der Waals surface area contributed by atoms with Crippen LogP contribution in [0.4, 0.5) is 5.69 Å². The summed E-state index contributed by atoms with van der Waals surface area (Å²) in [7, 11) is 0. The fraction of sp³-hybridized carbons (Fsp3) is 0.226. The number of hydrogen-bond donors (Lipinski definition) is 0. The van der Waals surface area contributed by atoms with E-state index in [-0.39, 0.29) is 0 Å². The summed E-state index contributed by atoms with van der Waals surface area (Å²) in [6.07, 6.45) is 9.88. The Labute approximate surface area is 191 Å². The number of benzene rings is 4. The molecule has 1 fully saturated rings. The van der Waals surface area contributed by atoms with Crippen LogP contribution in [0.3, 0.4) is 0 Å². The minimum atomic E-state index is 0.652. The van der Waals surface area contributed by atoms with Crippen molar-refractivity contribution in [2.75, 3.05) is 4.90 Å². The van der Waals surface area contributed by atoms with E-state index >= 15 is 0 Å². The molecule has 0 saturated heterocycles. The summed E-state index contributed by atoms with van der Waals surface area (Å²) in [6.45, 7) is 1.02. The van der Waals surface area contributed by atoms with E-state index < -0.39 is 0 Å². The van der Waals surface area contributed by atoms with Gasteiger partial charge in [0.2, 0.25) is 0 Å². The van der Waals surface area contributed by atoms with Gasteiger partial charge in [0.05, 0.1) is 0 Å². The first-order chi connectivity index (χ1) is 15.8. The molecule has 0 spiro atoms. The van der Waals surface area contributed by atoms with E-state index in [1.54, 1.807) is 5.56 Å². The summed E-state index contributed by atoms with van der Waals surface area (Å²) in [5, 5.41) is 2.59. The van der Waals surface area contributed by atoms with Crippen molar-refractivity contribution in [2.24, 2.45) is 0 Å². The van der Waals surface area contributed by atoms with E-state index in [1.807, 2.05) is 0 Å². The average molecular weight is 416 g/mol. The van der Waals surface area contributed by atoms with Gasteiger partial charge in [0, 0.05) is 24.2 Å². The molecule has 158 valence electrons. The number of fused-ring (bicyclic) bond motifs is 4. The van der Waals surface area contributed by atoms with Gasteiger partial charge in [0.1, 0.15) is 0 Å². The second-order valence-corrected chi connectivity index (χ2v) is 9.33. The molecule has 32 heavy (non-hydrogen) atoms. The monoisotopic (exact) mass is 415 g/mol. The van der Waals surface area contributed by atoms with Crippen LogP contribution in [0.1, 0.15) is 53.9 Å². The molecule has 2 atom stereocenters. The lowest BCUT2D eigenvalue weighted by atomic mass is 9.82. The number of hydrogen-bond acceptors (Lipinski definition) is 1. The number of anilines is 1. The zero-order valence-electron chi connectivity index (χ0n) is 18.5. The lowest BCUT2D eigenvalue weighted by molar-refractivity contribution is 0.385. The molecule has 1 saturated carbocycles. The first-order valence-corrected chi connectivity index (χ1v) is 12.0. The van der Waals surface area contributed by atoms with E-state index in [0.717, 1.165) is 6.54 Å². The van der Waals surface area contributed by atoms with E-state index in [2.05, 4.69) is 108 Å². The highest BCUT2D eigenvalue weighted by molar-refractivity contribution is 5.86. The Kier molecular flexibility index (Phi) is 5.03. The molecule has 4 aromatic carbocycles. The van der Waals surface area contributed by atoms with E-state index in [1.165, 1.54) is 58.8 Å². The molecule has 1 nitrogen and oxygen atoms in total. The van der Waals surface area contributed by atoms with Gasteiger partial charge in [0.15, 0.2) is 0 Å². The molecule has 1 aliphatic carbocycles. The van der Waals surface area contributed by atoms with Gasteiger partial charge < -0.3 is 4.90 Å². The Bertz CT molecular complexity index is 1270. The molecule has 1 heteroatoms. The third-order valence-corrected chi connectivity index (χ3v) is 7.33. The molecule has 0 radical (unpaired) electrons. The number of nitrogens with zero attached hydrogens (tertiary/aromatic N) is 1. The molecule has 1 aliphatic heterocycles. The van der Waals surface area contributed by atoms with Crippen molar-refractivity contribution in [1.29, 1.82) is 0 Å². The Hall–Kier alpha value is -3.32. The van der Waals surface area contributed by atoms with Gasteiger partial charge in [0.25, 0.3) is 0 Å². The maximum atomic E-state index is 2.69. The molecular formula is C31H29N. The fourth-order valence-electron chi connectivity index (χ4n) is 5.75. The van der Waals surface area contributed by atoms with Crippen molar-refractivity contribution in [2.45, 2.75) is 44.2 Å². The van der Waals surface area contributed by atoms with E-state index in [4.69, 9.17) is 0 Å². The fourth-order valence-corrected chi connectivity index (χ4v) is 5.75. The summed E-state index contributed by atoms with van der Waals surface area (Å²) in [4.78, 5) is 2.69. The molecule has 2 aliphatic rings.